The molecule has 0 aromatic carbocycles. The van der Waals surface area contributed by atoms with Crippen LogP contribution in [0.25, 0.3) is 0 Å². The van der Waals surface area contributed by atoms with Crippen LogP contribution in [-0.2, 0) is 4.74 Å². The molecule has 2 nitrogen and oxygen atoms in total. The Balaban J connectivity index is 3.31. The van der Waals surface area contributed by atoms with E-state index >= 15 is 0 Å². The Kier molecular flexibility index (Phi) is 4.76. The molecule has 3 heteroatoms. The van der Waals surface area contributed by atoms with Crippen molar-refractivity contribution in [3.8, 4) is 0 Å². The Labute approximate surface area is 54.6 Å². The van der Waals surface area contributed by atoms with Gasteiger partial charge in [-0.15, -0.1) is 0 Å². The first-order valence-electron chi connectivity index (χ1n) is 2.37. The maximum absolute atomic E-state index is 4.78. The van der Waals surface area contributed by atoms with E-state index in [0.29, 0.717) is 6.61 Å². The van der Waals surface area contributed by atoms with Crippen LogP contribution in [0.4, 0.5) is 0 Å². The molecule has 46 valence electrons. The van der Waals surface area contributed by atoms with Gasteiger partial charge in [-0.05, 0) is 19.1 Å². The Bertz CT molecular complexity index is 98.6. The molecule has 8 heavy (non-hydrogen) atoms. The Morgan fingerprint density at radius 2 is 2.50 bits per heavy atom. The van der Waals surface area contributed by atoms with Crippen LogP contribution in [0.2, 0.25) is 0 Å². The zero-order valence-corrected chi connectivity index (χ0v) is 5.86. The Morgan fingerprint density at radius 1 is 1.88 bits per heavy atom. The van der Waals surface area contributed by atoms with E-state index in [-0.39, 0.29) is 6.04 Å². The van der Waals surface area contributed by atoms with Gasteiger partial charge >= 0.3 is 0 Å². The van der Waals surface area contributed by atoms with E-state index in [1.165, 1.54) is 0 Å². The number of hydrogen-bond donors (Lipinski definition) is 0. The quantitative estimate of drug-likeness (QED) is 0.423. The average molecular weight is 131 g/mol. The maximum Gasteiger partial charge on any atom is 0.0807 e. The number of ether oxygens (including phenoxy) is 1. The van der Waals surface area contributed by atoms with E-state index < -0.39 is 0 Å². The lowest BCUT2D eigenvalue weighted by Gasteiger charge is -1.98. The fourth-order valence-electron chi connectivity index (χ4n) is 0.368. The zero-order valence-electron chi connectivity index (χ0n) is 5.05. The van der Waals surface area contributed by atoms with E-state index in [4.69, 9.17) is 4.74 Å². The second-order valence-corrected chi connectivity index (χ2v) is 1.71. The lowest BCUT2D eigenvalue weighted by atomic mass is 10.4. The van der Waals surface area contributed by atoms with Crippen molar-refractivity contribution in [3.63, 3.8) is 0 Å². The molecule has 0 aromatic heterocycles. The summed E-state index contributed by atoms with van der Waals surface area (Å²) >= 11 is 4.37. The highest BCUT2D eigenvalue weighted by Crippen LogP contribution is 1.85. The minimum absolute atomic E-state index is 0.150. The van der Waals surface area contributed by atoms with Gasteiger partial charge in [0.2, 0.25) is 0 Å². The normalized spacial score (nSPS) is 12.2. The topological polar surface area (TPSA) is 21.6 Å². The lowest BCUT2D eigenvalue weighted by Crippen LogP contribution is -2.05. The fourth-order valence-corrected chi connectivity index (χ4v) is 0.548. The van der Waals surface area contributed by atoms with Crippen LogP contribution >= 0.6 is 12.2 Å². The number of thiocarbonyl (C=S) groups is 1. The second-order valence-electron chi connectivity index (χ2n) is 1.52. The van der Waals surface area contributed by atoms with E-state index in [1.54, 1.807) is 7.11 Å². The van der Waals surface area contributed by atoms with Gasteiger partial charge in [0.25, 0.3) is 0 Å². The van der Waals surface area contributed by atoms with Crippen molar-refractivity contribution in [3.05, 3.63) is 0 Å². The van der Waals surface area contributed by atoms with Crippen LogP contribution in [0.5, 0.6) is 0 Å². The summed E-state index contributed by atoms with van der Waals surface area (Å²) in [7, 11) is 1.63. The van der Waals surface area contributed by atoms with Crippen molar-refractivity contribution in [2.75, 3.05) is 13.7 Å². The van der Waals surface area contributed by atoms with Crippen LogP contribution < -0.4 is 0 Å². The van der Waals surface area contributed by atoms with Crippen molar-refractivity contribution >= 4 is 17.4 Å². The van der Waals surface area contributed by atoms with E-state index in [0.717, 1.165) is 0 Å². The van der Waals surface area contributed by atoms with Gasteiger partial charge in [-0.1, -0.05) is 0 Å². The standard InChI is InChI=1S/C5H9NOS/c1-5(3-7-2)6-4-8/h5H,3H2,1-2H3/t5-/m1/s1. The molecule has 0 amide bonds. The van der Waals surface area contributed by atoms with Gasteiger partial charge < -0.3 is 4.74 Å². The third kappa shape index (κ3) is 3.93. The van der Waals surface area contributed by atoms with Gasteiger partial charge in [-0.3, -0.25) is 0 Å². The Morgan fingerprint density at radius 3 is 2.88 bits per heavy atom. The van der Waals surface area contributed by atoms with Crippen LogP contribution in [0, 0.1) is 0 Å². The highest BCUT2D eigenvalue weighted by Gasteiger charge is 1.92. The largest absolute Gasteiger partial charge is 0.382 e. The fraction of sp³-hybridized carbons (Fsp3) is 0.800. The predicted molar refractivity (Wildman–Crippen MR) is 36.4 cm³/mol. The van der Waals surface area contributed by atoms with Gasteiger partial charge in [-0.25, -0.2) is 4.99 Å². The molecule has 0 aliphatic carbocycles. The number of rotatable bonds is 3. The molecule has 1 atom stereocenters. The second kappa shape index (κ2) is 4.91. The molecular weight excluding hydrogens is 122 g/mol. The molecule has 0 saturated heterocycles. The number of hydrogen-bond acceptors (Lipinski definition) is 3. The zero-order chi connectivity index (χ0) is 6.41. The molecule has 0 aliphatic heterocycles. The van der Waals surface area contributed by atoms with Gasteiger partial charge in [0.05, 0.1) is 17.8 Å². The maximum atomic E-state index is 4.78. The molecule has 0 heterocycles. The molecule has 0 saturated carbocycles. The minimum atomic E-state index is 0.150. The third-order valence-electron chi connectivity index (χ3n) is 0.681. The first-order valence-corrected chi connectivity index (χ1v) is 2.78. The summed E-state index contributed by atoms with van der Waals surface area (Å²) in [5.74, 6) is 0. The number of nitrogens with zero attached hydrogens (tertiary/aromatic N) is 1. The van der Waals surface area contributed by atoms with Crippen LogP contribution in [-0.4, -0.2) is 24.9 Å². The SMILES string of the molecule is COC[C@@H](C)N=C=S. The summed E-state index contributed by atoms with van der Waals surface area (Å²) < 4.78 is 4.78. The smallest absolute Gasteiger partial charge is 0.0807 e. The van der Waals surface area contributed by atoms with Crippen molar-refractivity contribution in [1.29, 1.82) is 0 Å². The minimum Gasteiger partial charge on any atom is -0.382 e. The highest BCUT2D eigenvalue weighted by molar-refractivity contribution is 7.78. The van der Waals surface area contributed by atoms with Crippen molar-refractivity contribution < 1.29 is 4.74 Å². The predicted octanol–water partition coefficient (Wildman–Crippen LogP) is 1.12. The molecule has 0 aliphatic rings. The summed E-state index contributed by atoms with van der Waals surface area (Å²) in [6.07, 6.45) is 0. The summed E-state index contributed by atoms with van der Waals surface area (Å²) in [6.45, 7) is 2.53. The number of isothiocyanates is 1. The Hall–Kier alpha value is -0.240. The molecular formula is C5H9NOS. The summed E-state index contributed by atoms with van der Waals surface area (Å²) in [6, 6.07) is 0.150. The van der Waals surface area contributed by atoms with Gasteiger partial charge in [-0.2, -0.15) is 0 Å². The summed E-state index contributed by atoms with van der Waals surface area (Å²) in [5.41, 5.74) is 0. The molecule has 0 radical (unpaired) electrons. The highest BCUT2D eigenvalue weighted by atomic mass is 32.1. The van der Waals surface area contributed by atoms with Crippen molar-refractivity contribution in [2.45, 2.75) is 13.0 Å². The number of aliphatic imine (C=N–C) groups is 1. The van der Waals surface area contributed by atoms with E-state index in [1.807, 2.05) is 6.92 Å². The molecule has 0 N–H and O–H groups in total. The van der Waals surface area contributed by atoms with Gasteiger partial charge in [0.15, 0.2) is 0 Å². The third-order valence-corrected chi connectivity index (χ3v) is 0.786. The van der Waals surface area contributed by atoms with Crippen molar-refractivity contribution in [2.24, 2.45) is 4.99 Å². The summed E-state index contributed by atoms with van der Waals surface area (Å²) in [4.78, 5) is 3.75. The molecule has 0 rings (SSSR count). The van der Waals surface area contributed by atoms with Gasteiger partial charge in [0.1, 0.15) is 0 Å². The molecule has 0 bridgehead atoms. The monoisotopic (exact) mass is 131 g/mol. The number of methoxy groups -OCH3 is 1. The van der Waals surface area contributed by atoms with Crippen LogP contribution in [0.3, 0.4) is 0 Å². The molecule has 0 aromatic rings. The summed E-state index contributed by atoms with van der Waals surface area (Å²) in [5, 5.41) is 2.28. The molecule has 0 spiro atoms. The first kappa shape index (κ1) is 7.76. The van der Waals surface area contributed by atoms with E-state index in [9.17, 15) is 0 Å². The van der Waals surface area contributed by atoms with Crippen LogP contribution in [0.1, 0.15) is 6.92 Å². The van der Waals surface area contributed by atoms with Crippen molar-refractivity contribution in [1.82, 2.24) is 0 Å². The van der Waals surface area contributed by atoms with Gasteiger partial charge in [0, 0.05) is 7.11 Å². The average Bonchev–Trinajstić information content (AvgIpc) is 1.68. The molecule has 0 unspecified atom stereocenters. The molecule has 0 fully saturated rings. The lowest BCUT2D eigenvalue weighted by molar-refractivity contribution is 0.186. The van der Waals surface area contributed by atoms with Crippen LogP contribution in [0.15, 0.2) is 4.99 Å². The first-order chi connectivity index (χ1) is 3.81. The van der Waals surface area contributed by atoms with E-state index in [2.05, 4.69) is 22.4 Å².